The molecule has 1 heteroatoms. The first kappa shape index (κ1) is 9.07. The van der Waals surface area contributed by atoms with E-state index in [0.29, 0.717) is 11.8 Å². The van der Waals surface area contributed by atoms with Crippen molar-refractivity contribution in [1.29, 1.82) is 0 Å². The van der Waals surface area contributed by atoms with Gasteiger partial charge in [0.05, 0.1) is 0 Å². The van der Waals surface area contributed by atoms with Crippen LogP contribution in [0.5, 0.6) is 0 Å². The first-order chi connectivity index (χ1) is 7.86. The van der Waals surface area contributed by atoms with E-state index in [1.54, 1.807) is 0 Å². The molecule has 4 rings (SSSR count). The molecule has 0 aliphatic heterocycles. The van der Waals surface area contributed by atoms with Crippen molar-refractivity contribution in [3.8, 4) is 0 Å². The number of rotatable bonds is 1. The third-order valence-corrected chi connectivity index (χ3v) is 4.88. The molecule has 0 amide bonds. The Labute approximate surface area is 101 Å². The van der Waals surface area contributed by atoms with Crippen LogP contribution in [0.3, 0.4) is 0 Å². The van der Waals surface area contributed by atoms with Crippen LogP contribution in [-0.4, -0.2) is 0 Å². The molecule has 2 bridgehead atoms. The SMILES string of the molecule is ClC1=C(c2ccccc2)[C@@H]2[C@H]1[C@H]1C=C[C@@H]2C1. The summed E-state index contributed by atoms with van der Waals surface area (Å²) in [6.45, 7) is 0. The number of hydrogen-bond acceptors (Lipinski definition) is 0. The molecule has 3 aliphatic rings. The molecule has 0 heterocycles. The molecule has 4 atom stereocenters. The Balaban J connectivity index is 1.80. The lowest BCUT2D eigenvalue weighted by atomic mass is 9.66. The summed E-state index contributed by atoms with van der Waals surface area (Å²) in [4.78, 5) is 0. The van der Waals surface area contributed by atoms with Gasteiger partial charge < -0.3 is 0 Å². The number of halogens is 1. The molecule has 0 radical (unpaired) electrons. The second-order valence-corrected chi connectivity index (χ2v) is 5.53. The van der Waals surface area contributed by atoms with Gasteiger partial charge in [-0.05, 0) is 29.4 Å². The highest BCUT2D eigenvalue weighted by Crippen LogP contribution is 2.64. The van der Waals surface area contributed by atoms with Gasteiger partial charge in [-0.2, -0.15) is 0 Å². The summed E-state index contributed by atoms with van der Waals surface area (Å²) in [5.41, 5.74) is 2.75. The molecule has 0 nitrogen and oxygen atoms in total. The topological polar surface area (TPSA) is 0 Å². The van der Waals surface area contributed by atoms with Crippen LogP contribution in [-0.2, 0) is 0 Å². The molecule has 0 spiro atoms. The lowest BCUT2D eigenvalue weighted by Crippen LogP contribution is -2.31. The predicted octanol–water partition coefficient (Wildman–Crippen LogP) is 4.09. The Hall–Kier alpha value is -1.01. The van der Waals surface area contributed by atoms with Crippen LogP contribution in [0.25, 0.3) is 5.57 Å². The highest BCUT2D eigenvalue weighted by molar-refractivity contribution is 6.34. The fraction of sp³-hybridized carbons (Fsp3) is 0.333. The lowest BCUT2D eigenvalue weighted by molar-refractivity contribution is 0.410. The van der Waals surface area contributed by atoms with Gasteiger partial charge in [0, 0.05) is 16.9 Å². The molecule has 0 unspecified atom stereocenters. The molecule has 0 saturated heterocycles. The molecule has 1 aromatic carbocycles. The Kier molecular flexibility index (Phi) is 1.71. The minimum absolute atomic E-state index is 0.645. The first-order valence-corrected chi connectivity index (χ1v) is 6.37. The van der Waals surface area contributed by atoms with Gasteiger partial charge >= 0.3 is 0 Å². The standard InChI is InChI=1S/C15H13Cl/c16-15-13(9-4-2-1-3-5-9)12-10-6-7-11(8-10)14(12)15/h1-7,10-12,14H,8H2/t10-,11+,12-,14-/m1/s1. The highest BCUT2D eigenvalue weighted by Gasteiger charge is 2.54. The molecule has 1 aromatic rings. The Morgan fingerprint density at radius 3 is 2.38 bits per heavy atom. The third-order valence-electron chi connectivity index (χ3n) is 4.43. The van der Waals surface area contributed by atoms with Crippen LogP contribution in [0.15, 0.2) is 47.5 Å². The van der Waals surface area contributed by atoms with Crippen LogP contribution in [0.4, 0.5) is 0 Å². The van der Waals surface area contributed by atoms with Gasteiger partial charge in [-0.25, -0.2) is 0 Å². The first-order valence-electron chi connectivity index (χ1n) is 5.99. The molecule has 3 aliphatic carbocycles. The van der Waals surface area contributed by atoms with E-state index in [1.807, 2.05) is 0 Å². The lowest BCUT2D eigenvalue weighted by Gasteiger charge is -2.40. The van der Waals surface area contributed by atoms with Crippen molar-refractivity contribution in [2.75, 3.05) is 0 Å². The van der Waals surface area contributed by atoms with E-state index in [2.05, 4.69) is 42.5 Å². The molecule has 0 N–H and O–H groups in total. The summed E-state index contributed by atoms with van der Waals surface area (Å²) in [6.07, 6.45) is 6.09. The summed E-state index contributed by atoms with van der Waals surface area (Å²) in [6, 6.07) is 10.6. The van der Waals surface area contributed by atoms with E-state index >= 15 is 0 Å². The third kappa shape index (κ3) is 0.965. The second kappa shape index (κ2) is 3.01. The molecule has 80 valence electrons. The Morgan fingerprint density at radius 2 is 1.62 bits per heavy atom. The smallest absolute Gasteiger partial charge is 0.0265 e. The number of hydrogen-bond donors (Lipinski definition) is 0. The summed E-state index contributed by atoms with van der Waals surface area (Å²) in [5, 5.41) is 1.13. The molecule has 16 heavy (non-hydrogen) atoms. The average molecular weight is 229 g/mol. The summed E-state index contributed by atoms with van der Waals surface area (Å²) < 4.78 is 0. The number of fused-ring (bicyclic) bond motifs is 5. The van der Waals surface area contributed by atoms with Crippen LogP contribution >= 0.6 is 11.6 Å². The minimum Gasteiger partial charge on any atom is -0.0885 e. The van der Waals surface area contributed by atoms with Crippen molar-refractivity contribution < 1.29 is 0 Å². The zero-order valence-corrected chi connectivity index (χ0v) is 9.69. The van der Waals surface area contributed by atoms with E-state index in [4.69, 9.17) is 11.6 Å². The minimum atomic E-state index is 0.645. The highest BCUT2D eigenvalue weighted by atomic mass is 35.5. The van der Waals surface area contributed by atoms with Crippen LogP contribution < -0.4 is 0 Å². The Morgan fingerprint density at radius 1 is 0.938 bits per heavy atom. The van der Waals surface area contributed by atoms with Gasteiger partial charge in [-0.3, -0.25) is 0 Å². The summed E-state index contributed by atoms with van der Waals surface area (Å²) >= 11 is 6.49. The van der Waals surface area contributed by atoms with E-state index in [9.17, 15) is 0 Å². The van der Waals surface area contributed by atoms with Gasteiger partial charge in [0.15, 0.2) is 0 Å². The second-order valence-electron chi connectivity index (χ2n) is 5.13. The van der Waals surface area contributed by atoms with Gasteiger partial charge in [0.1, 0.15) is 0 Å². The number of benzene rings is 1. The van der Waals surface area contributed by atoms with E-state index in [1.165, 1.54) is 17.6 Å². The van der Waals surface area contributed by atoms with Gasteiger partial charge in [0.2, 0.25) is 0 Å². The van der Waals surface area contributed by atoms with Gasteiger partial charge in [-0.1, -0.05) is 54.1 Å². The maximum atomic E-state index is 6.49. The van der Waals surface area contributed by atoms with Crippen molar-refractivity contribution in [2.45, 2.75) is 6.42 Å². The van der Waals surface area contributed by atoms with Gasteiger partial charge in [-0.15, -0.1) is 0 Å². The molecular weight excluding hydrogens is 216 g/mol. The molecular formula is C15H13Cl. The quantitative estimate of drug-likeness (QED) is 0.636. The monoisotopic (exact) mass is 228 g/mol. The summed E-state index contributed by atoms with van der Waals surface area (Å²) in [5.74, 6) is 2.85. The van der Waals surface area contributed by atoms with Crippen LogP contribution in [0.1, 0.15) is 12.0 Å². The molecule has 1 saturated carbocycles. The summed E-state index contributed by atoms with van der Waals surface area (Å²) in [7, 11) is 0. The van der Waals surface area contributed by atoms with Crippen molar-refractivity contribution in [3.05, 3.63) is 53.1 Å². The maximum Gasteiger partial charge on any atom is 0.0265 e. The molecule has 1 fully saturated rings. The normalized spacial score (nSPS) is 38.8. The van der Waals surface area contributed by atoms with Crippen LogP contribution in [0, 0.1) is 23.7 Å². The van der Waals surface area contributed by atoms with E-state index in [-0.39, 0.29) is 0 Å². The fourth-order valence-electron chi connectivity index (χ4n) is 3.75. The zero-order chi connectivity index (χ0) is 10.7. The average Bonchev–Trinajstić information content (AvgIpc) is 2.87. The van der Waals surface area contributed by atoms with Crippen LogP contribution in [0.2, 0.25) is 0 Å². The molecule has 0 aromatic heterocycles. The van der Waals surface area contributed by atoms with Crippen molar-refractivity contribution >= 4 is 17.2 Å². The van der Waals surface area contributed by atoms with E-state index in [0.717, 1.165) is 16.9 Å². The van der Waals surface area contributed by atoms with Gasteiger partial charge in [0.25, 0.3) is 0 Å². The zero-order valence-electron chi connectivity index (χ0n) is 8.94. The van der Waals surface area contributed by atoms with E-state index < -0.39 is 0 Å². The van der Waals surface area contributed by atoms with Crippen molar-refractivity contribution in [2.24, 2.45) is 23.7 Å². The number of allylic oxidation sites excluding steroid dienone is 4. The van der Waals surface area contributed by atoms with Crippen molar-refractivity contribution in [1.82, 2.24) is 0 Å². The predicted molar refractivity (Wildman–Crippen MR) is 66.9 cm³/mol. The Bertz CT molecular complexity index is 497. The van der Waals surface area contributed by atoms with Crippen molar-refractivity contribution in [3.63, 3.8) is 0 Å². The maximum absolute atomic E-state index is 6.49. The fourth-order valence-corrected chi connectivity index (χ4v) is 4.28. The largest absolute Gasteiger partial charge is 0.0885 e.